The minimum Gasteiger partial charge on any atom is -0.497 e. The molecule has 0 aromatic heterocycles. The Kier molecular flexibility index (Phi) is 13.0. The van der Waals surface area contributed by atoms with Crippen molar-refractivity contribution in [1.82, 2.24) is 0 Å². The van der Waals surface area contributed by atoms with Crippen LogP contribution in [0, 0.1) is 11.3 Å². The van der Waals surface area contributed by atoms with Crippen molar-refractivity contribution in [2.24, 2.45) is 11.3 Å². The Labute approximate surface area is 251 Å². The number of hydrogen-bond donors (Lipinski definition) is 1. The molecule has 0 aliphatic rings. The predicted octanol–water partition coefficient (Wildman–Crippen LogP) is 9.62. The van der Waals surface area contributed by atoms with Crippen molar-refractivity contribution in [3.05, 3.63) is 53.6 Å². The van der Waals surface area contributed by atoms with Crippen LogP contribution in [-0.4, -0.2) is 35.1 Å². The maximum absolute atomic E-state index is 14.1. The summed E-state index contributed by atoms with van der Waals surface area (Å²) in [5.41, 5.74) is 2.87. The standard InChI is InChI=1S/C35H57NO4Si/c1-12-13-14-20-30(29-22-21-28(38-8)25-31(29)39-9)32(34(2,3)4)33(37)36-27-19-15-17-26(24-27)18-16-23-40-41(10,11)35(5,6)7/h15,17,19,21-22,24-25,30,32H,12-14,16,18,20,23H2,1-11H3,(H,36,37). The summed E-state index contributed by atoms with van der Waals surface area (Å²) in [7, 11) is 1.61. The smallest absolute Gasteiger partial charge is 0.228 e. The maximum Gasteiger partial charge on any atom is 0.228 e. The van der Waals surface area contributed by atoms with Gasteiger partial charge in [0.2, 0.25) is 5.91 Å². The van der Waals surface area contributed by atoms with Gasteiger partial charge in [-0.3, -0.25) is 4.79 Å². The third-order valence-corrected chi connectivity index (χ3v) is 13.2. The number of rotatable bonds is 15. The van der Waals surface area contributed by atoms with E-state index in [0.29, 0.717) is 0 Å². The van der Waals surface area contributed by atoms with E-state index in [1.807, 2.05) is 24.3 Å². The Morgan fingerprint density at radius 2 is 1.63 bits per heavy atom. The van der Waals surface area contributed by atoms with Gasteiger partial charge in [-0.1, -0.05) is 85.9 Å². The van der Waals surface area contributed by atoms with E-state index in [1.54, 1.807) is 14.2 Å². The molecular formula is C35H57NO4Si. The number of anilines is 1. The van der Waals surface area contributed by atoms with Crippen molar-refractivity contribution in [3.63, 3.8) is 0 Å². The highest BCUT2D eigenvalue weighted by Crippen LogP contribution is 2.45. The SMILES string of the molecule is CCCCCC(c1ccc(OC)cc1OC)C(C(=O)Nc1cccc(CCCO[Si](C)(C)C(C)(C)C)c1)C(C)(C)C. The lowest BCUT2D eigenvalue weighted by Gasteiger charge is -2.37. The van der Waals surface area contributed by atoms with Gasteiger partial charge in [0.1, 0.15) is 11.5 Å². The highest BCUT2D eigenvalue weighted by molar-refractivity contribution is 6.74. The Hall–Kier alpha value is -2.31. The predicted molar refractivity (Wildman–Crippen MR) is 176 cm³/mol. The molecule has 1 amide bonds. The topological polar surface area (TPSA) is 56.8 Å². The van der Waals surface area contributed by atoms with Crippen LogP contribution in [0.5, 0.6) is 11.5 Å². The van der Waals surface area contributed by atoms with Crippen molar-refractivity contribution in [3.8, 4) is 11.5 Å². The average molecular weight is 584 g/mol. The molecule has 0 fully saturated rings. The number of benzene rings is 2. The van der Waals surface area contributed by atoms with Gasteiger partial charge < -0.3 is 19.2 Å². The van der Waals surface area contributed by atoms with Gasteiger partial charge in [0.15, 0.2) is 8.32 Å². The minimum absolute atomic E-state index is 0.0121. The van der Waals surface area contributed by atoms with Gasteiger partial charge in [0, 0.05) is 18.4 Å². The Morgan fingerprint density at radius 3 is 2.22 bits per heavy atom. The molecule has 0 spiro atoms. The molecular weight excluding hydrogens is 526 g/mol. The quantitative estimate of drug-likeness (QED) is 0.167. The molecule has 41 heavy (non-hydrogen) atoms. The van der Waals surface area contributed by atoms with Crippen LogP contribution in [0.15, 0.2) is 42.5 Å². The summed E-state index contributed by atoms with van der Waals surface area (Å²) in [6.45, 7) is 20.9. The van der Waals surface area contributed by atoms with E-state index in [2.05, 4.69) is 85.1 Å². The third-order valence-electron chi connectivity index (χ3n) is 8.65. The fourth-order valence-corrected chi connectivity index (χ4v) is 6.35. The molecule has 2 aromatic rings. The summed E-state index contributed by atoms with van der Waals surface area (Å²) < 4.78 is 17.6. The number of unbranched alkanes of at least 4 members (excludes halogenated alkanes) is 2. The second-order valence-electron chi connectivity index (χ2n) is 14.0. The highest BCUT2D eigenvalue weighted by Gasteiger charge is 2.40. The summed E-state index contributed by atoms with van der Waals surface area (Å²) in [6, 6.07) is 14.3. The molecule has 0 saturated carbocycles. The van der Waals surface area contributed by atoms with Gasteiger partial charge >= 0.3 is 0 Å². The zero-order chi connectivity index (χ0) is 30.8. The van der Waals surface area contributed by atoms with E-state index in [0.717, 1.165) is 67.9 Å². The monoisotopic (exact) mass is 583 g/mol. The van der Waals surface area contributed by atoms with Crippen molar-refractivity contribution in [1.29, 1.82) is 0 Å². The van der Waals surface area contributed by atoms with Gasteiger partial charge in [0.25, 0.3) is 0 Å². The summed E-state index contributed by atoms with van der Waals surface area (Å²) in [4.78, 5) is 14.1. The van der Waals surface area contributed by atoms with Crippen LogP contribution in [0.4, 0.5) is 5.69 Å². The number of ether oxygens (including phenoxy) is 2. The van der Waals surface area contributed by atoms with E-state index in [-0.39, 0.29) is 28.2 Å². The molecule has 5 nitrogen and oxygen atoms in total. The lowest BCUT2D eigenvalue weighted by Crippen LogP contribution is -2.41. The largest absolute Gasteiger partial charge is 0.497 e. The van der Waals surface area contributed by atoms with Crippen molar-refractivity contribution < 1.29 is 18.7 Å². The second kappa shape index (κ2) is 15.2. The van der Waals surface area contributed by atoms with Gasteiger partial charge in [-0.2, -0.15) is 0 Å². The number of methoxy groups -OCH3 is 2. The first-order valence-electron chi connectivity index (χ1n) is 15.4. The molecule has 6 heteroatoms. The summed E-state index contributed by atoms with van der Waals surface area (Å²) >= 11 is 0. The summed E-state index contributed by atoms with van der Waals surface area (Å²) in [6.07, 6.45) is 6.12. The van der Waals surface area contributed by atoms with E-state index < -0.39 is 8.32 Å². The van der Waals surface area contributed by atoms with Crippen molar-refractivity contribution in [2.75, 3.05) is 26.1 Å². The normalized spacial score (nSPS) is 13.9. The van der Waals surface area contributed by atoms with Crippen LogP contribution in [-0.2, 0) is 15.6 Å². The van der Waals surface area contributed by atoms with Gasteiger partial charge in [-0.05, 0) is 78.1 Å². The average Bonchev–Trinajstić information content (AvgIpc) is 2.89. The number of hydrogen-bond acceptors (Lipinski definition) is 4. The molecule has 2 rings (SSSR count). The number of carbonyl (C=O) groups excluding carboxylic acids is 1. The molecule has 0 heterocycles. The van der Waals surface area contributed by atoms with Crippen LogP contribution in [0.25, 0.3) is 0 Å². The fourth-order valence-electron chi connectivity index (χ4n) is 5.27. The Bertz CT molecular complexity index is 1100. The van der Waals surface area contributed by atoms with Crippen molar-refractivity contribution in [2.45, 2.75) is 111 Å². The molecule has 0 aliphatic carbocycles. The molecule has 0 radical (unpaired) electrons. The fraction of sp³-hybridized carbons (Fsp3) is 0.629. The molecule has 2 aromatic carbocycles. The molecule has 0 aliphatic heterocycles. The van der Waals surface area contributed by atoms with Crippen LogP contribution in [0.1, 0.15) is 97.6 Å². The van der Waals surface area contributed by atoms with Crippen LogP contribution in [0.3, 0.4) is 0 Å². The van der Waals surface area contributed by atoms with Gasteiger partial charge in [0.05, 0.1) is 20.1 Å². The highest BCUT2D eigenvalue weighted by atomic mass is 28.4. The van der Waals surface area contributed by atoms with Crippen LogP contribution >= 0.6 is 0 Å². The third kappa shape index (κ3) is 10.2. The van der Waals surface area contributed by atoms with Crippen LogP contribution < -0.4 is 14.8 Å². The number of carbonyl (C=O) groups is 1. The van der Waals surface area contributed by atoms with Crippen molar-refractivity contribution >= 4 is 19.9 Å². The van der Waals surface area contributed by atoms with Crippen LogP contribution in [0.2, 0.25) is 18.1 Å². The minimum atomic E-state index is -1.74. The zero-order valence-corrected chi connectivity index (χ0v) is 28.8. The number of amides is 1. The van der Waals surface area contributed by atoms with E-state index in [4.69, 9.17) is 13.9 Å². The molecule has 0 saturated heterocycles. The van der Waals surface area contributed by atoms with E-state index in [1.165, 1.54) is 5.56 Å². The van der Waals surface area contributed by atoms with E-state index >= 15 is 0 Å². The first kappa shape index (κ1) is 34.9. The number of aryl methyl sites for hydroxylation is 1. The molecule has 2 atom stereocenters. The molecule has 2 unspecified atom stereocenters. The molecule has 1 N–H and O–H groups in total. The summed E-state index contributed by atoms with van der Waals surface area (Å²) in [5, 5.41) is 3.51. The zero-order valence-electron chi connectivity index (χ0n) is 27.8. The Balaban J connectivity index is 2.27. The first-order valence-corrected chi connectivity index (χ1v) is 18.3. The maximum atomic E-state index is 14.1. The lowest BCUT2D eigenvalue weighted by molar-refractivity contribution is -0.124. The first-order chi connectivity index (χ1) is 19.1. The molecule has 230 valence electrons. The second-order valence-corrected chi connectivity index (χ2v) is 18.8. The van der Waals surface area contributed by atoms with Gasteiger partial charge in [-0.15, -0.1) is 0 Å². The van der Waals surface area contributed by atoms with E-state index in [9.17, 15) is 4.79 Å². The molecule has 0 bridgehead atoms. The number of nitrogens with one attached hydrogen (secondary N) is 1. The Morgan fingerprint density at radius 1 is 0.927 bits per heavy atom. The van der Waals surface area contributed by atoms with Gasteiger partial charge in [-0.25, -0.2) is 0 Å². The lowest BCUT2D eigenvalue weighted by atomic mass is 9.68. The summed E-state index contributed by atoms with van der Waals surface area (Å²) in [5.74, 6) is 1.34.